The zero-order valence-electron chi connectivity index (χ0n) is 11.1. The minimum atomic E-state index is 0.303. The van der Waals surface area contributed by atoms with Crippen molar-refractivity contribution in [3.8, 4) is 5.75 Å². The van der Waals surface area contributed by atoms with Crippen molar-refractivity contribution in [1.82, 2.24) is 9.80 Å². The fraction of sp³-hybridized carbons (Fsp3) is 0.571. The molecule has 4 heteroatoms. The number of likely N-dealkylation sites (tertiary alicyclic amines) is 1. The van der Waals surface area contributed by atoms with Crippen LogP contribution in [0.2, 0.25) is 0 Å². The van der Waals surface area contributed by atoms with Crippen LogP contribution >= 0.6 is 15.9 Å². The topological polar surface area (TPSA) is 26.7 Å². The minimum absolute atomic E-state index is 0.303. The van der Waals surface area contributed by atoms with Gasteiger partial charge in [0.1, 0.15) is 5.75 Å². The van der Waals surface area contributed by atoms with Gasteiger partial charge in [0.15, 0.2) is 0 Å². The molecular formula is C14H21BrN2O. The third kappa shape index (κ3) is 3.46. The Morgan fingerprint density at radius 1 is 1.50 bits per heavy atom. The molecule has 0 aliphatic carbocycles. The van der Waals surface area contributed by atoms with Crippen molar-refractivity contribution >= 4 is 15.9 Å². The van der Waals surface area contributed by atoms with Crippen LogP contribution in [0.3, 0.4) is 0 Å². The van der Waals surface area contributed by atoms with E-state index in [4.69, 9.17) is 0 Å². The van der Waals surface area contributed by atoms with Crippen LogP contribution < -0.4 is 0 Å². The highest BCUT2D eigenvalue weighted by molar-refractivity contribution is 9.10. The Bertz CT molecular complexity index is 411. The highest BCUT2D eigenvalue weighted by Crippen LogP contribution is 2.25. The number of benzene rings is 1. The van der Waals surface area contributed by atoms with Crippen LogP contribution in [0.15, 0.2) is 22.7 Å². The van der Waals surface area contributed by atoms with E-state index in [0.717, 1.165) is 17.6 Å². The Labute approximate surface area is 118 Å². The van der Waals surface area contributed by atoms with E-state index in [1.54, 1.807) is 6.07 Å². The van der Waals surface area contributed by atoms with Crippen molar-refractivity contribution in [2.75, 3.05) is 27.2 Å². The fourth-order valence-corrected chi connectivity index (χ4v) is 3.02. The Hall–Kier alpha value is -0.580. The van der Waals surface area contributed by atoms with Crippen LogP contribution in [0.4, 0.5) is 0 Å². The lowest BCUT2D eigenvalue weighted by Crippen LogP contribution is -2.36. The van der Waals surface area contributed by atoms with Gasteiger partial charge in [0.05, 0.1) is 4.47 Å². The van der Waals surface area contributed by atoms with Crippen molar-refractivity contribution in [2.24, 2.45) is 0 Å². The number of likely N-dealkylation sites (N-methyl/N-ethyl adjacent to an activating group) is 2. The number of hydrogen-bond acceptors (Lipinski definition) is 3. The first-order chi connectivity index (χ1) is 8.56. The molecule has 0 amide bonds. The summed E-state index contributed by atoms with van der Waals surface area (Å²) >= 11 is 3.36. The van der Waals surface area contributed by atoms with E-state index in [-0.39, 0.29) is 0 Å². The van der Waals surface area contributed by atoms with Crippen LogP contribution in [0.5, 0.6) is 5.75 Å². The molecule has 1 saturated heterocycles. The summed E-state index contributed by atoms with van der Waals surface area (Å²) in [6.07, 6.45) is 2.62. The van der Waals surface area contributed by atoms with E-state index in [1.165, 1.54) is 24.9 Å². The second-order valence-corrected chi connectivity index (χ2v) is 6.11. The molecule has 1 aromatic carbocycles. The number of hydrogen-bond donors (Lipinski definition) is 1. The van der Waals surface area contributed by atoms with Gasteiger partial charge in [-0.15, -0.1) is 0 Å². The second-order valence-electron chi connectivity index (χ2n) is 5.26. The molecule has 3 nitrogen and oxygen atoms in total. The molecule has 100 valence electrons. The number of nitrogens with zero attached hydrogens (tertiary/aromatic N) is 2. The van der Waals surface area contributed by atoms with Gasteiger partial charge in [0.25, 0.3) is 0 Å². The molecule has 0 aromatic heterocycles. The summed E-state index contributed by atoms with van der Waals surface area (Å²) < 4.78 is 0.770. The maximum atomic E-state index is 9.48. The first-order valence-corrected chi connectivity index (χ1v) is 7.21. The summed E-state index contributed by atoms with van der Waals surface area (Å²) in [5.74, 6) is 0.303. The van der Waals surface area contributed by atoms with Crippen LogP contribution in [0.25, 0.3) is 0 Å². The quantitative estimate of drug-likeness (QED) is 0.926. The zero-order chi connectivity index (χ0) is 13.1. The van der Waals surface area contributed by atoms with Crippen LogP contribution in [-0.2, 0) is 6.54 Å². The van der Waals surface area contributed by atoms with Gasteiger partial charge in [0.2, 0.25) is 0 Å². The summed E-state index contributed by atoms with van der Waals surface area (Å²) in [5, 5.41) is 9.48. The first kappa shape index (κ1) is 13.8. The van der Waals surface area contributed by atoms with Crippen LogP contribution in [0, 0.1) is 0 Å². The average Bonchev–Trinajstić information content (AvgIpc) is 2.70. The molecule has 2 rings (SSSR count). The molecule has 0 radical (unpaired) electrons. The third-order valence-electron chi connectivity index (χ3n) is 3.66. The molecule has 18 heavy (non-hydrogen) atoms. The van der Waals surface area contributed by atoms with E-state index in [1.807, 2.05) is 12.1 Å². The Kier molecular flexibility index (Phi) is 4.65. The molecular weight excluding hydrogens is 292 g/mol. The van der Waals surface area contributed by atoms with Gasteiger partial charge in [0, 0.05) is 19.1 Å². The minimum Gasteiger partial charge on any atom is -0.507 e. The predicted molar refractivity (Wildman–Crippen MR) is 77.8 cm³/mol. The summed E-state index contributed by atoms with van der Waals surface area (Å²) in [7, 11) is 4.37. The SMILES string of the molecule is CN(Cc1ccc(O)c(Br)c1)CC1CCCN1C. The number of phenols is 1. The Morgan fingerprint density at radius 2 is 2.28 bits per heavy atom. The molecule has 1 aliphatic rings. The summed E-state index contributed by atoms with van der Waals surface area (Å²) in [6.45, 7) is 3.25. The lowest BCUT2D eigenvalue weighted by Gasteiger charge is -2.25. The molecule has 1 aromatic rings. The average molecular weight is 313 g/mol. The second kappa shape index (κ2) is 6.04. The van der Waals surface area contributed by atoms with Crippen molar-refractivity contribution in [1.29, 1.82) is 0 Å². The van der Waals surface area contributed by atoms with Gasteiger partial charge in [-0.3, -0.25) is 0 Å². The van der Waals surface area contributed by atoms with E-state index in [2.05, 4.69) is 39.8 Å². The van der Waals surface area contributed by atoms with E-state index >= 15 is 0 Å². The van der Waals surface area contributed by atoms with Gasteiger partial charge in [-0.25, -0.2) is 0 Å². The molecule has 1 aliphatic heterocycles. The molecule has 1 atom stereocenters. The fourth-order valence-electron chi connectivity index (χ4n) is 2.59. The van der Waals surface area contributed by atoms with E-state index in [0.29, 0.717) is 11.8 Å². The number of aromatic hydroxyl groups is 1. The lowest BCUT2D eigenvalue weighted by molar-refractivity contribution is 0.215. The van der Waals surface area contributed by atoms with E-state index < -0.39 is 0 Å². The molecule has 1 N–H and O–H groups in total. The molecule has 1 unspecified atom stereocenters. The lowest BCUT2D eigenvalue weighted by atomic mass is 10.1. The van der Waals surface area contributed by atoms with Gasteiger partial charge >= 0.3 is 0 Å². The maximum Gasteiger partial charge on any atom is 0.129 e. The standard InChI is InChI=1S/C14H21BrN2O/c1-16(10-12-4-3-7-17(12)2)9-11-5-6-14(18)13(15)8-11/h5-6,8,12,18H,3-4,7,9-10H2,1-2H3. The summed E-state index contributed by atoms with van der Waals surface area (Å²) in [6, 6.07) is 6.41. The Morgan fingerprint density at radius 3 is 2.89 bits per heavy atom. The van der Waals surface area contributed by atoms with Gasteiger partial charge in [-0.2, -0.15) is 0 Å². The van der Waals surface area contributed by atoms with Gasteiger partial charge in [-0.1, -0.05) is 6.07 Å². The molecule has 0 spiro atoms. The molecule has 0 bridgehead atoms. The van der Waals surface area contributed by atoms with Crippen LogP contribution in [-0.4, -0.2) is 48.1 Å². The highest BCUT2D eigenvalue weighted by atomic mass is 79.9. The molecule has 0 saturated carbocycles. The number of halogens is 1. The van der Waals surface area contributed by atoms with Crippen molar-refractivity contribution in [2.45, 2.75) is 25.4 Å². The van der Waals surface area contributed by atoms with Crippen LogP contribution in [0.1, 0.15) is 18.4 Å². The summed E-state index contributed by atoms with van der Waals surface area (Å²) in [4.78, 5) is 4.80. The normalized spacial score (nSPS) is 20.8. The smallest absolute Gasteiger partial charge is 0.129 e. The monoisotopic (exact) mass is 312 g/mol. The molecule has 1 heterocycles. The molecule has 1 fully saturated rings. The number of rotatable bonds is 4. The summed E-state index contributed by atoms with van der Waals surface area (Å²) in [5.41, 5.74) is 1.22. The van der Waals surface area contributed by atoms with Gasteiger partial charge < -0.3 is 14.9 Å². The van der Waals surface area contributed by atoms with Crippen molar-refractivity contribution < 1.29 is 5.11 Å². The third-order valence-corrected chi connectivity index (χ3v) is 4.29. The predicted octanol–water partition coefficient (Wildman–Crippen LogP) is 2.68. The first-order valence-electron chi connectivity index (χ1n) is 6.42. The Balaban J connectivity index is 1.90. The van der Waals surface area contributed by atoms with Gasteiger partial charge in [-0.05, 0) is 67.1 Å². The largest absolute Gasteiger partial charge is 0.507 e. The van der Waals surface area contributed by atoms with E-state index in [9.17, 15) is 5.11 Å². The maximum absolute atomic E-state index is 9.48. The zero-order valence-corrected chi connectivity index (χ0v) is 12.7. The van der Waals surface area contributed by atoms with Crippen molar-refractivity contribution in [3.63, 3.8) is 0 Å². The number of phenolic OH excluding ortho intramolecular Hbond substituents is 1. The highest BCUT2D eigenvalue weighted by Gasteiger charge is 2.21. The van der Waals surface area contributed by atoms with Crippen molar-refractivity contribution in [3.05, 3.63) is 28.2 Å².